The molecule has 3 rings (SSSR count). The van der Waals surface area contributed by atoms with Gasteiger partial charge in [-0.1, -0.05) is 18.2 Å². The molecular weight excluding hydrogens is 413 g/mol. The maximum Gasteiger partial charge on any atom is 0.204 e. The topological polar surface area (TPSA) is 18.5 Å². The van der Waals surface area contributed by atoms with Crippen LogP contribution in [0.4, 0.5) is 13.2 Å². The van der Waals surface area contributed by atoms with Gasteiger partial charge < -0.3 is 9.47 Å². The highest BCUT2D eigenvalue weighted by Gasteiger charge is 2.28. The first-order chi connectivity index (χ1) is 15.6. The quantitative estimate of drug-likeness (QED) is 0.251. The third kappa shape index (κ3) is 7.05. The zero-order valence-corrected chi connectivity index (χ0v) is 19.3. The highest BCUT2D eigenvalue weighted by atomic mass is 19.2. The van der Waals surface area contributed by atoms with E-state index in [1.165, 1.54) is 43.4 Å². The van der Waals surface area contributed by atoms with Gasteiger partial charge in [0.05, 0.1) is 13.3 Å². The second-order valence-electron chi connectivity index (χ2n) is 9.10. The van der Waals surface area contributed by atoms with Gasteiger partial charge in [-0.25, -0.2) is 0 Å². The Morgan fingerprint density at radius 1 is 0.938 bits per heavy atom. The Morgan fingerprint density at radius 3 is 2.28 bits per heavy atom. The third-order valence-electron chi connectivity index (χ3n) is 6.92. The van der Waals surface area contributed by atoms with Crippen LogP contribution in [0, 0.1) is 29.4 Å². The van der Waals surface area contributed by atoms with Crippen LogP contribution in [0.25, 0.3) is 0 Å². The van der Waals surface area contributed by atoms with Crippen molar-refractivity contribution in [3.05, 3.63) is 47.6 Å². The Balaban J connectivity index is 1.40. The fourth-order valence-electron chi connectivity index (χ4n) is 4.99. The van der Waals surface area contributed by atoms with Gasteiger partial charge >= 0.3 is 0 Å². The molecule has 0 bridgehead atoms. The summed E-state index contributed by atoms with van der Waals surface area (Å²) in [6.07, 6.45) is 17.7. The Bertz CT molecular complexity index is 766. The largest absolute Gasteiger partial charge is 0.491 e. The molecule has 0 spiro atoms. The molecule has 2 aliphatic carbocycles. The summed E-state index contributed by atoms with van der Waals surface area (Å²) in [6.45, 7) is 2.10. The number of unbranched alkanes of at least 4 members (excludes halogenated alkanes) is 2. The molecule has 32 heavy (non-hydrogen) atoms. The summed E-state index contributed by atoms with van der Waals surface area (Å²) in [6, 6.07) is 2.85. The lowest BCUT2D eigenvalue weighted by Gasteiger charge is -2.34. The van der Waals surface area contributed by atoms with E-state index in [2.05, 4.69) is 18.2 Å². The molecule has 1 atom stereocenters. The summed E-state index contributed by atoms with van der Waals surface area (Å²) in [5, 5.41) is 0. The smallest absolute Gasteiger partial charge is 0.204 e. The van der Waals surface area contributed by atoms with E-state index in [-0.39, 0.29) is 24.8 Å². The normalized spacial score (nSPS) is 23.9. The van der Waals surface area contributed by atoms with E-state index in [1.807, 2.05) is 0 Å². The number of hydrogen-bond acceptors (Lipinski definition) is 2. The zero-order valence-electron chi connectivity index (χ0n) is 19.3. The standard InChI is InChI=1S/C27H37F3O2/c1-2-31-24-16-17-25(27(30)26(24)29)32-19-21-10-14-23(15-11-21)22-12-8-20(9-13-22)7-5-3-4-6-18-28/h5,7,10,16-17,20,22-23H,2-4,6,8-9,11-15,18-19H2,1H3/b7-5+. The van der Waals surface area contributed by atoms with Gasteiger partial charge in [-0.05, 0) is 107 Å². The summed E-state index contributed by atoms with van der Waals surface area (Å²) in [5.74, 6) is 0.0504. The summed E-state index contributed by atoms with van der Waals surface area (Å²) < 4.78 is 51.0. The molecule has 2 nitrogen and oxygen atoms in total. The van der Waals surface area contributed by atoms with Crippen LogP contribution < -0.4 is 9.47 Å². The van der Waals surface area contributed by atoms with Crippen molar-refractivity contribution in [2.24, 2.45) is 17.8 Å². The third-order valence-corrected chi connectivity index (χ3v) is 6.92. The number of hydrogen-bond donors (Lipinski definition) is 0. The van der Waals surface area contributed by atoms with Crippen molar-refractivity contribution < 1.29 is 22.6 Å². The van der Waals surface area contributed by atoms with E-state index < -0.39 is 11.6 Å². The Kier molecular flexibility index (Phi) is 10.0. The van der Waals surface area contributed by atoms with Gasteiger partial charge in [0.1, 0.15) is 6.61 Å². The first-order valence-corrected chi connectivity index (χ1v) is 12.3. The number of benzene rings is 1. The van der Waals surface area contributed by atoms with Crippen molar-refractivity contribution in [2.75, 3.05) is 19.9 Å². The highest BCUT2D eigenvalue weighted by molar-refractivity contribution is 5.35. The van der Waals surface area contributed by atoms with Crippen LogP contribution >= 0.6 is 0 Å². The van der Waals surface area contributed by atoms with Gasteiger partial charge in [0, 0.05) is 0 Å². The molecule has 1 saturated carbocycles. The second-order valence-corrected chi connectivity index (χ2v) is 9.10. The van der Waals surface area contributed by atoms with Gasteiger partial charge in [0.25, 0.3) is 0 Å². The minimum Gasteiger partial charge on any atom is -0.491 e. The van der Waals surface area contributed by atoms with Gasteiger partial charge in [-0.2, -0.15) is 8.78 Å². The minimum atomic E-state index is -0.993. The summed E-state index contributed by atoms with van der Waals surface area (Å²) in [7, 11) is 0. The Morgan fingerprint density at radius 2 is 1.66 bits per heavy atom. The predicted molar refractivity (Wildman–Crippen MR) is 123 cm³/mol. The number of halogens is 3. The number of ether oxygens (including phenoxy) is 2. The summed E-state index contributed by atoms with van der Waals surface area (Å²) in [4.78, 5) is 0. The van der Waals surface area contributed by atoms with E-state index in [0.29, 0.717) is 24.9 Å². The molecule has 1 aromatic carbocycles. The molecule has 1 unspecified atom stereocenters. The van der Waals surface area contributed by atoms with Crippen molar-refractivity contribution >= 4 is 0 Å². The Hall–Kier alpha value is -1.91. The predicted octanol–water partition coefficient (Wildman–Crippen LogP) is 7.97. The zero-order chi connectivity index (χ0) is 22.8. The van der Waals surface area contributed by atoms with Gasteiger partial charge in [-0.3, -0.25) is 4.39 Å². The Labute approximate surface area is 190 Å². The van der Waals surface area contributed by atoms with E-state index in [0.717, 1.165) is 38.0 Å². The molecule has 0 N–H and O–H groups in total. The molecule has 0 saturated heterocycles. The maximum atomic E-state index is 14.2. The van der Waals surface area contributed by atoms with Crippen LogP contribution in [0.2, 0.25) is 0 Å². The molecule has 0 radical (unpaired) electrons. The average Bonchev–Trinajstić information content (AvgIpc) is 2.82. The van der Waals surface area contributed by atoms with Crippen molar-refractivity contribution in [3.63, 3.8) is 0 Å². The van der Waals surface area contributed by atoms with Gasteiger partial charge in [0.2, 0.25) is 11.6 Å². The summed E-state index contributed by atoms with van der Waals surface area (Å²) >= 11 is 0. The van der Waals surface area contributed by atoms with E-state index in [4.69, 9.17) is 9.47 Å². The molecule has 0 amide bonds. The molecule has 0 heterocycles. The first kappa shape index (κ1) is 24.7. The van der Waals surface area contributed by atoms with E-state index >= 15 is 0 Å². The average molecular weight is 451 g/mol. The molecule has 1 aromatic rings. The van der Waals surface area contributed by atoms with Crippen LogP contribution in [0.1, 0.15) is 71.1 Å². The minimum absolute atomic E-state index is 0.0648. The second kappa shape index (κ2) is 13.0. The maximum absolute atomic E-state index is 14.2. The fraction of sp³-hybridized carbons (Fsp3) is 0.630. The molecule has 0 aromatic heterocycles. The number of allylic oxidation sites excluding steroid dienone is 3. The first-order valence-electron chi connectivity index (χ1n) is 12.3. The molecule has 178 valence electrons. The van der Waals surface area contributed by atoms with Crippen molar-refractivity contribution in [1.29, 1.82) is 0 Å². The monoisotopic (exact) mass is 450 g/mol. The van der Waals surface area contributed by atoms with E-state index in [1.54, 1.807) is 6.92 Å². The van der Waals surface area contributed by atoms with Crippen LogP contribution in [0.3, 0.4) is 0 Å². The van der Waals surface area contributed by atoms with Crippen molar-refractivity contribution in [3.8, 4) is 11.5 Å². The molecule has 5 heteroatoms. The number of alkyl halides is 1. The van der Waals surface area contributed by atoms with Gasteiger partial charge in [-0.15, -0.1) is 0 Å². The highest BCUT2D eigenvalue weighted by Crippen LogP contribution is 2.40. The van der Waals surface area contributed by atoms with Gasteiger partial charge in [0.15, 0.2) is 11.5 Å². The molecule has 1 fully saturated rings. The van der Waals surface area contributed by atoms with Crippen LogP contribution in [0.5, 0.6) is 11.5 Å². The SMILES string of the molecule is CCOc1ccc(OCC2=CCC(C3CCC(/C=C/CCCCF)CC3)CC2)c(F)c1F. The van der Waals surface area contributed by atoms with Crippen LogP contribution in [-0.2, 0) is 0 Å². The lowest BCUT2D eigenvalue weighted by Crippen LogP contribution is -2.23. The lowest BCUT2D eigenvalue weighted by atomic mass is 9.71. The lowest BCUT2D eigenvalue weighted by molar-refractivity contribution is 0.206. The molecule has 2 aliphatic rings. The summed E-state index contributed by atoms with van der Waals surface area (Å²) in [5.41, 5.74) is 1.17. The van der Waals surface area contributed by atoms with E-state index in [9.17, 15) is 13.2 Å². The number of rotatable bonds is 11. The fourth-order valence-corrected chi connectivity index (χ4v) is 4.99. The molecular formula is C27H37F3O2. The van der Waals surface area contributed by atoms with Crippen molar-refractivity contribution in [1.82, 2.24) is 0 Å². The molecule has 0 aliphatic heterocycles. The van der Waals surface area contributed by atoms with Crippen LogP contribution in [0.15, 0.2) is 35.9 Å². The van der Waals surface area contributed by atoms with Crippen LogP contribution in [-0.4, -0.2) is 19.9 Å². The van der Waals surface area contributed by atoms with Crippen molar-refractivity contribution in [2.45, 2.75) is 71.1 Å².